The quantitative estimate of drug-likeness (QED) is 0.917. The molecule has 1 aliphatic rings. The van der Waals surface area contributed by atoms with Crippen LogP contribution in [-0.4, -0.2) is 34.5 Å². The molecule has 3 rings (SSSR count). The van der Waals surface area contributed by atoms with E-state index >= 15 is 0 Å². The first-order valence-electron chi connectivity index (χ1n) is 8.31. The number of fused-ring (bicyclic) bond motifs is 1. The van der Waals surface area contributed by atoms with Crippen LogP contribution >= 0.6 is 0 Å². The fraction of sp³-hybridized carbons (Fsp3) is 0.611. The lowest BCUT2D eigenvalue weighted by atomic mass is 9.95. The van der Waals surface area contributed by atoms with Crippen LogP contribution in [0, 0.1) is 12.8 Å². The molecule has 0 radical (unpaired) electrons. The number of aromatic amines is 1. The van der Waals surface area contributed by atoms with Gasteiger partial charge in [0.05, 0.1) is 11.0 Å². The minimum absolute atomic E-state index is 0.604. The molecule has 2 heterocycles. The Morgan fingerprint density at radius 1 is 1.29 bits per heavy atom. The monoisotopic (exact) mass is 285 g/mol. The number of hydrogen-bond donors (Lipinski definition) is 1. The van der Waals surface area contributed by atoms with Crippen LogP contribution in [0.3, 0.4) is 0 Å². The summed E-state index contributed by atoms with van der Waals surface area (Å²) in [5, 5.41) is 0. The highest BCUT2D eigenvalue weighted by Crippen LogP contribution is 2.28. The van der Waals surface area contributed by atoms with Crippen molar-refractivity contribution in [3.05, 3.63) is 29.6 Å². The molecule has 0 saturated carbocycles. The summed E-state index contributed by atoms with van der Waals surface area (Å²) in [7, 11) is 0. The number of hydrogen-bond acceptors (Lipinski definition) is 2. The Labute approximate surface area is 127 Å². The second-order valence-electron chi connectivity index (χ2n) is 6.89. The van der Waals surface area contributed by atoms with E-state index in [4.69, 9.17) is 4.98 Å². The fourth-order valence-corrected chi connectivity index (χ4v) is 3.26. The number of piperidine rings is 1. The van der Waals surface area contributed by atoms with Crippen molar-refractivity contribution in [3.8, 4) is 0 Å². The van der Waals surface area contributed by atoms with Gasteiger partial charge in [-0.15, -0.1) is 0 Å². The van der Waals surface area contributed by atoms with Gasteiger partial charge >= 0.3 is 0 Å². The van der Waals surface area contributed by atoms with Crippen molar-refractivity contribution in [2.75, 3.05) is 19.6 Å². The lowest BCUT2D eigenvalue weighted by molar-refractivity contribution is 0.200. The van der Waals surface area contributed by atoms with Crippen LogP contribution in [0.5, 0.6) is 0 Å². The van der Waals surface area contributed by atoms with Crippen molar-refractivity contribution in [2.24, 2.45) is 5.92 Å². The summed E-state index contributed by atoms with van der Waals surface area (Å²) in [6.45, 7) is 10.4. The van der Waals surface area contributed by atoms with E-state index in [1.54, 1.807) is 0 Å². The van der Waals surface area contributed by atoms with Gasteiger partial charge in [-0.3, -0.25) is 0 Å². The molecular formula is C18H27N3. The molecule has 114 valence electrons. The third-order valence-corrected chi connectivity index (χ3v) is 4.73. The van der Waals surface area contributed by atoms with Crippen molar-refractivity contribution in [2.45, 2.75) is 46.0 Å². The van der Waals surface area contributed by atoms with E-state index in [9.17, 15) is 0 Å². The predicted octanol–water partition coefficient (Wildman–Crippen LogP) is 4.10. The predicted molar refractivity (Wildman–Crippen MR) is 88.7 cm³/mol. The van der Waals surface area contributed by atoms with Gasteiger partial charge in [0.15, 0.2) is 0 Å². The molecule has 0 bridgehead atoms. The molecule has 21 heavy (non-hydrogen) atoms. The highest BCUT2D eigenvalue weighted by Gasteiger charge is 2.23. The molecule has 0 unspecified atom stereocenters. The van der Waals surface area contributed by atoms with Gasteiger partial charge in [-0.05, 0) is 63.4 Å². The van der Waals surface area contributed by atoms with E-state index in [0.29, 0.717) is 5.92 Å². The second kappa shape index (κ2) is 6.18. The summed E-state index contributed by atoms with van der Waals surface area (Å²) < 4.78 is 0. The maximum atomic E-state index is 4.86. The molecule has 0 atom stereocenters. The summed E-state index contributed by atoms with van der Waals surface area (Å²) in [6.07, 6.45) is 3.78. The highest BCUT2D eigenvalue weighted by atomic mass is 15.1. The summed E-state index contributed by atoms with van der Waals surface area (Å²) >= 11 is 0. The minimum Gasteiger partial charge on any atom is -0.342 e. The molecule has 1 aromatic heterocycles. The van der Waals surface area contributed by atoms with Crippen LogP contribution < -0.4 is 0 Å². The van der Waals surface area contributed by atoms with E-state index < -0.39 is 0 Å². The standard InChI is InChI=1S/C18H27N3/c1-13(2)7-10-21-11-8-15(9-12-21)18-19-16-6-4-5-14(3)17(16)20-18/h4-6,13,15H,7-12H2,1-3H3,(H,19,20). The number of nitrogens with one attached hydrogen (secondary N) is 1. The first-order valence-corrected chi connectivity index (χ1v) is 8.31. The topological polar surface area (TPSA) is 31.9 Å². The Kier molecular flexibility index (Phi) is 4.29. The number of para-hydroxylation sites is 1. The number of imidazole rings is 1. The first-order chi connectivity index (χ1) is 10.1. The maximum absolute atomic E-state index is 4.86. The number of aryl methyl sites for hydroxylation is 1. The lowest BCUT2D eigenvalue weighted by Crippen LogP contribution is -2.34. The van der Waals surface area contributed by atoms with E-state index in [1.807, 2.05) is 0 Å². The Bertz CT molecular complexity index is 592. The summed E-state index contributed by atoms with van der Waals surface area (Å²) in [4.78, 5) is 11.0. The molecule has 1 fully saturated rings. The third-order valence-electron chi connectivity index (χ3n) is 4.73. The van der Waals surface area contributed by atoms with E-state index in [-0.39, 0.29) is 0 Å². The van der Waals surface area contributed by atoms with Crippen LogP contribution in [0.15, 0.2) is 18.2 Å². The van der Waals surface area contributed by atoms with Crippen molar-refractivity contribution in [1.29, 1.82) is 0 Å². The molecule has 3 heteroatoms. The number of benzene rings is 1. The first kappa shape index (κ1) is 14.6. The zero-order valence-electron chi connectivity index (χ0n) is 13.5. The SMILES string of the molecule is Cc1cccc2[nH]c(C3CCN(CCC(C)C)CC3)nc12. The number of H-pyrrole nitrogens is 1. The van der Waals surface area contributed by atoms with Crippen molar-refractivity contribution < 1.29 is 0 Å². The van der Waals surface area contributed by atoms with Crippen molar-refractivity contribution in [1.82, 2.24) is 14.9 Å². The largest absolute Gasteiger partial charge is 0.342 e. The van der Waals surface area contributed by atoms with E-state index in [2.05, 4.69) is 48.9 Å². The van der Waals surface area contributed by atoms with Crippen molar-refractivity contribution in [3.63, 3.8) is 0 Å². The summed E-state index contributed by atoms with van der Waals surface area (Å²) in [5.74, 6) is 2.61. The molecular weight excluding hydrogens is 258 g/mol. The number of nitrogens with zero attached hydrogens (tertiary/aromatic N) is 2. The van der Waals surface area contributed by atoms with Gasteiger partial charge in [0.25, 0.3) is 0 Å². The average Bonchev–Trinajstić information content (AvgIpc) is 2.91. The van der Waals surface area contributed by atoms with Gasteiger partial charge in [0, 0.05) is 5.92 Å². The van der Waals surface area contributed by atoms with Gasteiger partial charge in [-0.2, -0.15) is 0 Å². The summed E-state index contributed by atoms with van der Waals surface area (Å²) in [5.41, 5.74) is 3.60. The molecule has 1 aromatic carbocycles. The Morgan fingerprint density at radius 3 is 2.71 bits per heavy atom. The zero-order valence-corrected chi connectivity index (χ0v) is 13.5. The second-order valence-corrected chi connectivity index (χ2v) is 6.89. The lowest BCUT2D eigenvalue weighted by Gasteiger charge is -2.31. The maximum Gasteiger partial charge on any atom is 0.110 e. The van der Waals surface area contributed by atoms with Gasteiger partial charge in [0.1, 0.15) is 5.82 Å². The van der Waals surface area contributed by atoms with Gasteiger partial charge in [-0.1, -0.05) is 26.0 Å². The van der Waals surface area contributed by atoms with Crippen molar-refractivity contribution >= 4 is 11.0 Å². The Balaban J connectivity index is 1.64. The normalized spacial score (nSPS) is 17.9. The number of aromatic nitrogens is 2. The molecule has 1 aliphatic heterocycles. The van der Waals surface area contributed by atoms with E-state index in [1.165, 1.54) is 55.8 Å². The van der Waals surface area contributed by atoms with Gasteiger partial charge in [-0.25, -0.2) is 4.98 Å². The average molecular weight is 285 g/mol. The molecule has 2 aromatic rings. The third kappa shape index (κ3) is 3.29. The fourth-order valence-electron chi connectivity index (χ4n) is 3.26. The molecule has 1 saturated heterocycles. The van der Waals surface area contributed by atoms with Crippen LogP contribution in [0.2, 0.25) is 0 Å². The van der Waals surface area contributed by atoms with Gasteiger partial charge in [0.2, 0.25) is 0 Å². The minimum atomic E-state index is 0.604. The highest BCUT2D eigenvalue weighted by molar-refractivity contribution is 5.78. The van der Waals surface area contributed by atoms with Gasteiger partial charge < -0.3 is 9.88 Å². The summed E-state index contributed by atoms with van der Waals surface area (Å²) in [6, 6.07) is 6.38. The molecule has 0 spiro atoms. The van der Waals surface area contributed by atoms with Crippen LogP contribution in [0.4, 0.5) is 0 Å². The zero-order chi connectivity index (χ0) is 14.8. The molecule has 0 amide bonds. The van der Waals surface area contributed by atoms with Crippen LogP contribution in [0.25, 0.3) is 11.0 Å². The molecule has 3 nitrogen and oxygen atoms in total. The molecule has 1 N–H and O–H groups in total. The van der Waals surface area contributed by atoms with E-state index in [0.717, 1.165) is 11.4 Å². The molecule has 0 aliphatic carbocycles. The smallest absolute Gasteiger partial charge is 0.110 e. The Hall–Kier alpha value is -1.35. The number of rotatable bonds is 4. The van der Waals surface area contributed by atoms with Crippen LogP contribution in [0.1, 0.15) is 50.4 Å². The Morgan fingerprint density at radius 2 is 2.05 bits per heavy atom. The number of likely N-dealkylation sites (tertiary alicyclic amines) is 1. The van der Waals surface area contributed by atoms with Crippen LogP contribution in [-0.2, 0) is 0 Å².